The zero-order valence-corrected chi connectivity index (χ0v) is 9.13. The van der Waals surface area contributed by atoms with Crippen LogP contribution in [0.25, 0.3) is 0 Å². The lowest BCUT2D eigenvalue weighted by atomic mass is 9.96. The number of carbonyl (C=O) groups excluding carboxylic acids is 1. The van der Waals surface area contributed by atoms with Gasteiger partial charge >= 0.3 is 0 Å². The molecule has 1 aliphatic heterocycles. The third-order valence-electron chi connectivity index (χ3n) is 2.66. The fourth-order valence-electron chi connectivity index (χ4n) is 1.79. The maximum Gasteiger partial charge on any atom is 0.192 e. The summed E-state index contributed by atoms with van der Waals surface area (Å²) >= 11 is 0. The Morgan fingerprint density at radius 1 is 1.44 bits per heavy atom. The van der Waals surface area contributed by atoms with Gasteiger partial charge in [-0.2, -0.15) is 0 Å². The van der Waals surface area contributed by atoms with Gasteiger partial charge in [0.15, 0.2) is 5.78 Å². The highest BCUT2D eigenvalue weighted by Gasteiger charge is 2.17. The van der Waals surface area contributed by atoms with Crippen molar-refractivity contribution in [1.82, 2.24) is 0 Å². The average molecular weight is 220 g/mol. The largest absolute Gasteiger partial charge is 0.501 e. The van der Waals surface area contributed by atoms with Crippen molar-refractivity contribution in [2.45, 2.75) is 19.8 Å². The molecule has 0 N–H and O–H groups in total. The molecule has 0 saturated heterocycles. The van der Waals surface area contributed by atoms with Crippen LogP contribution in [0.3, 0.4) is 0 Å². The Morgan fingerprint density at radius 3 is 2.88 bits per heavy atom. The molecule has 0 amide bonds. The number of ketones is 1. The van der Waals surface area contributed by atoms with Crippen LogP contribution in [0.2, 0.25) is 0 Å². The lowest BCUT2D eigenvalue weighted by molar-refractivity contribution is 0.101. The van der Waals surface area contributed by atoms with E-state index in [1.807, 2.05) is 0 Å². The Bertz CT molecular complexity index is 449. The number of Topliss-reactive ketones (excluding diaryl/α,β-unsaturated/α-hetero) is 1. The molecule has 0 unspecified atom stereocenters. The van der Waals surface area contributed by atoms with Gasteiger partial charge in [-0.1, -0.05) is 0 Å². The molecule has 1 aliphatic rings. The summed E-state index contributed by atoms with van der Waals surface area (Å²) in [6.07, 6.45) is 3.11. The summed E-state index contributed by atoms with van der Waals surface area (Å²) in [4.78, 5) is 12.1. The predicted molar refractivity (Wildman–Crippen MR) is 58.7 cm³/mol. The lowest BCUT2D eigenvalue weighted by Crippen LogP contribution is -2.10. The second-order valence-corrected chi connectivity index (χ2v) is 3.91. The zero-order chi connectivity index (χ0) is 11.5. The second-order valence-electron chi connectivity index (χ2n) is 3.91. The predicted octanol–water partition coefficient (Wildman–Crippen LogP) is 3.01. The molecule has 1 heterocycles. The number of benzene rings is 1. The Labute approximate surface area is 93.7 Å². The fourth-order valence-corrected chi connectivity index (χ4v) is 1.79. The Morgan fingerprint density at radius 2 is 2.25 bits per heavy atom. The van der Waals surface area contributed by atoms with Crippen LogP contribution >= 0.6 is 0 Å². The third-order valence-corrected chi connectivity index (χ3v) is 2.66. The SMILES string of the molecule is Cc1cc(F)ccc1C(=O)C1=COCCC1. The Balaban J connectivity index is 2.30. The first kappa shape index (κ1) is 10.9. The maximum absolute atomic E-state index is 12.9. The van der Waals surface area contributed by atoms with Gasteiger partial charge in [-0.05, 0) is 43.5 Å². The second kappa shape index (κ2) is 4.47. The van der Waals surface area contributed by atoms with Crippen molar-refractivity contribution in [1.29, 1.82) is 0 Å². The summed E-state index contributed by atoms with van der Waals surface area (Å²) < 4.78 is 18.0. The molecule has 2 nitrogen and oxygen atoms in total. The summed E-state index contributed by atoms with van der Waals surface area (Å²) in [5.74, 6) is -0.375. The number of ether oxygens (including phenoxy) is 1. The average Bonchev–Trinajstić information content (AvgIpc) is 2.29. The summed E-state index contributed by atoms with van der Waals surface area (Å²) in [6.45, 7) is 2.40. The minimum absolute atomic E-state index is 0.0581. The third kappa shape index (κ3) is 2.13. The summed E-state index contributed by atoms with van der Waals surface area (Å²) in [6, 6.07) is 4.21. The molecular formula is C13H13FO2. The van der Waals surface area contributed by atoms with E-state index >= 15 is 0 Å². The molecule has 3 heteroatoms. The molecular weight excluding hydrogens is 207 g/mol. The topological polar surface area (TPSA) is 26.3 Å². The van der Waals surface area contributed by atoms with E-state index in [4.69, 9.17) is 4.74 Å². The van der Waals surface area contributed by atoms with E-state index in [1.165, 1.54) is 24.5 Å². The molecule has 16 heavy (non-hydrogen) atoms. The van der Waals surface area contributed by atoms with E-state index in [1.54, 1.807) is 6.92 Å². The maximum atomic E-state index is 12.9. The smallest absolute Gasteiger partial charge is 0.192 e. The van der Waals surface area contributed by atoms with Crippen LogP contribution in [0.1, 0.15) is 28.8 Å². The molecule has 0 bridgehead atoms. The number of allylic oxidation sites excluding steroid dienone is 1. The quantitative estimate of drug-likeness (QED) is 0.716. The molecule has 0 radical (unpaired) electrons. The summed E-state index contributed by atoms with van der Waals surface area (Å²) in [5, 5.41) is 0. The van der Waals surface area contributed by atoms with E-state index in [2.05, 4.69) is 0 Å². The van der Waals surface area contributed by atoms with Gasteiger partial charge in [-0.25, -0.2) is 4.39 Å². The van der Waals surface area contributed by atoms with Crippen molar-refractivity contribution < 1.29 is 13.9 Å². The monoisotopic (exact) mass is 220 g/mol. The standard InChI is InChI=1S/C13H13FO2/c1-9-7-11(14)4-5-12(9)13(15)10-3-2-6-16-8-10/h4-5,7-8H,2-3,6H2,1H3. The van der Waals surface area contributed by atoms with E-state index in [9.17, 15) is 9.18 Å². The van der Waals surface area contributed by atoms with Crippen molar-refractivity contribution >= 4 is 5.78 Å². The number of hydrogen-bond acceptors (Lipinski definition) is 2. The van der Waals surface area contributed by atoms with Gasteiger partial charge in [0.1, 0.15) is 5.82 Å². The van der Waals surface area contributed by atoms with E-state index < -0.39 is 0 Å². The first-order valence-corrected chi connectivity index (χ1v) is 5.30. The molecule has 84 valence electrons. The molecule has 0 spiro atoms. The molecule has 0 saturated carbocycles. The van der Waals surface area contributed by atoms with Crippen LogP contribution in [-0.2, 0) is 4.74 Å². The van der Waals surface area contributed by atoms with Gasteiger partial charge in [0.05, 0.1) is 12.9 Å². The van der Waals surface area contributed by atoms with Crippen molar-refractivity contribution in [3.8, 4) is 0 Å². The minimum atomic E-state index is -0.317. The van der Waals surface area contributed by atoms with Crippen LogP contribution in [0.5, 0.6) is 0 Å². The first-order chi connectivity index (χ1) is 7.68. The van der Waals surface area contributed by atoms with E-state index in [0.717, 1.165) is 12.8 Å². The molecule has 0 fully saturated rings. The highest BCUT2D eigenvalue weighted by atomic mass is 19.1. The van der Waals surface area contributed by atoms with Crippen LogP contribution in [0.15, 0.2) is 30.0 Å². The Hall–Kier alpha value is -1.64. The van der Waals surface area contributed by atoms with Crippen LogP contribution in [-0.4, -0.2) is 12.4 Å². The van der Waals surface area contributed by atoms with Gasteiger partial charge in [-0.3, -0.25) is 4.79 Å². The van der Waals surface area contributed by atoms with Crippen molar-refractivity contribution in [3.05, 3.63) is 47.0 Å². The van der Waals surface area contributed by atoms with Gasteiger partial charge in [0.2, 0.25) is 0 Å². The van der Waals surface area contributed by atoms with E-state index in [-0.39, 0.29) is 11.6 Å². The van der Waals surface area contributed by atoms with Crippen molar-refractivity contribution in [2.75, 3.05) is 6.61 Å². The van der Waals surface area contributed by atoms with Crippen molar-refractivity contribution in [2.24, 2.45) is 0 Å². The van der Waals surface area contributed by atoms with Crippen molar-refractivity contribution in [3.63, 3.8) is 0 Å². The summed E-state index contributed by atoms with van der Waals surface area (Å²) in [7, 11) is 0. The van der Waals surface area contributed by atoms with Gasteiger partial charge in [0.25, 0.3) is 0 Å². The number of hydrogen-bond donors (Lipinski definition) is 0. The summed E-state index contributed by atoms with van der Waals surface area (Å²) in [5.41, 5.74) is 1.88. The zero-order valence-electron chi connectivity index (χ0n) is 9.13. The minimum Gasteiger partial charge on any atom is -0.501 e. The highest BCUT2D eigenvalue weighted by Crippen LogP contribution is 2.20. The highest BCUT2D eigenvalue weighted by molar-refractivity contribution is 6.09. The first-order valence-electron chi connectivity index (χ1n) is 5.30. The van der Waals surface area contributed by atoms with Gasteiger partial charge in [0, 0.05) is 11.1 Å². The molecule has 0 atom stereocenters. The normalized spacial score (nSPS) is 15.2. The molecule has 1 aromatic rings. The molecule has 1 aromatic carbocycles. The number of aryl methyl sites for hydroxylation is 1. The van der Waals surface area contributed by atoms with Crippen LogP contribution < -0.4 is 0 Å². The molecule has 0 aliphatic carbocycles. The molecule has 2 rings (SSSR count). The fraction of sp³-hybridized carbons (Fsp3) is 0.308. The van der Waals surface area contributed by atoms with E-state index in [0.29, 0.717) is 23.3 Å². The number of carbonyl (C=O) groups is 1. The lowest BCUT2D eigenvalue weighted by Gasteiger charge is -2.13. The number of rotatable bonds is 2. The van der Waals surface area contributed by atoms with Gasteiger partial charge < -0.3 is 4.74 Å². The van der Waals surface area contributed by atoms with Crippen LogP contribution in [0, 0.1) is 12.7 Å². The number of halogens is 1. The Kier molecular flexibility index (Phi) is 3.04. The van der Waals surface area contributed by atoms with Crippen LogP contribution in [0.4, 0.5) is 4.39 Å². The molecule has 0 aromatic heterocycles. The van der Waals surface area contributed by atoms with Gasteiger partial charge in [-0.15, -0.1) is 0 Å².